The topological polar surface area (TPSA) is 65.9 Å². The lowest BCUT2D eigenvalue weighted by molar-refractivity contribution is 0.126. The quantitative estimate of drug-likeness (QED) is 0.540. The molecule has 0 spiro atoms. The van der Waals surface area contributed by atoms with Crippen molar-refractivity contribution in [3.8, 4) is 5.75 Å². The molecule has 0 saturated heterocycles. The first-order valence-electron chi connectivity index (χ1n) is 12.1. The fourth-order valence-corrected chi connectivity index (χ4v) is 4.85. The lowest BCUT2D eigenvalue weighted by atomic mass is 9.86. The van der Waals surface area contributed by atoms with Crippen molar-refractivity contribution in [1.29, 1.82) is 0 Å². The van der Waals surface area contributed by atoms with E-state index in [9.17, 15) is 13.9 Å². The van der Waals surface area contributed by atoms with E-state index in [0.717, 1.165) is 30.2 Å². The molecule has 2 aliphatic rings. The van der Waals surface area contributed by atoms with Crippen LogP contribution in [0.15, 0.2) is 41.4 Å². The van der Waals surface area contributed by atoms with Crippen LogP contribution in [0.5, 0.6) is 5.75 Å². The van der Waals surface area contributed by atoms with Crippen molar-refractivity contribution in [3.63, 3.8) is 0 Å². The molecule has 4 rings (SSSR count). The van der Waals surface area contributed by atoms with E-state index in [4.69, 9.17) is 4.74 Å². The summed E-state index contributed by atoms with van der Waals surface area (Å²) in [6.07, 6.45) is 1.29. The second-order valence-corrected chi connectivity index (χ2v) is 10.6. The number of aliphatic imine (C=N–C) groups is 1. The molecule has 34 heavy (non-hydrogen) atoms. The van der Waals surface area contributed by atoms with Gasteiger partial charge in [-0.2, -0.15) is 0 Å². The molecule has 0 saturated carbocycles. The van der Waals surface area contributed by atoms with Gasteiger partial charge in [-0.1, -0.05) is 32.9 Å². The Hall–Kier alpha value is -2.51. The molecule has 2 aromatic rings. The van der Waals surface area contributed by atoms with Crippen LogP contribution in [0.4, 0.5) is 8.78 Å². The normalized spacial score (nSPS) is 19.6. The lowest BCUT2D eigenvalue weighted by Gasteiger charge is -2.30. The van der Waals surface area contributed by atoms with Gasteiger partial charge in [0.2, 0.25) is 0 Å². The van der Waals surface area contributed by atoms with E-state index in [1.165, 1.54) is 17.7 Å². The molecule has 0 radical (unpaired) electrons. The molecule has 5 nitrogen and oxygen atoms in total. The molecule has 0 aromatic heterocycles. The van der Waals surface area contributed by atoms with Crippen LogP contribution >= 0.6 is 0 Å². The first-order valence-corrected chi connectivity index (χ1v) is 12.1. The van der Waals surface area contributed by atoms with Crippen molar-refractivity contribution in [2.45, 2.75) is 52.2 Å². The Labute approximate surface area is 200 Å². The molecular formula is C27H35F2N3O2. The Morgan fingerprint density at radius 2 is 1.91 bits per heavy atom. The number of hydrogen-bond acceptors (Lipinski definition) is 5. The van der Waals surface area contributed by atoms with Crippen molar-refractivity contribution >= 4 is 5.84 Å². The van der Waals surface area contributed by atoms with Gasteiger partial charge in [0.15, 0.2) is 0 Å². The van der Waals surface area contributed by atoms with Crippen LogP contribution in [0.3, 0.4) is 0 Å². The number of nitrogens with zero attached hydrogens (tertiary/aromatic N) is 1. The van der Waals surface area contributed by atoms with Crippen LogP contribution in [0.2, 0.25) is 0 Å². The van der Waals surface area contributed by atoms with E-state index in [0.29, 0.717) is 44.1 Å². The highest BCUT2D eigenvalue weighted by Crippen LogP contribution is 2.34. The van der Waals surface area contributed by atoms with Crippen molar-refractivity contribution < 1.29 is 18.6 Å². The van der Waals surface area contributed by atoms with Crippen LogP contribution in [0, 0.1) is 23.0 Å². The van der Waals surface area contributed by atoms with Gasteiger partial charge in [-0.3, -0.25) is 4.99 Å². The number of fused-ring (bicyclic) bond motifs is 1. The summed E-state index contributed by atoms with van der Waals surface area (Å²) in [6.45, 7) is 8.94. The standard InChI is InChI=1S/C27H35F2N3O2/c1-27(2,3)15-17-4-5-25-21(12-17)23(6-9-34-25)32-16-24(33)22(26-30-7-8-31-26)13-18-10-19(28)14-20(29)11-18/h4-5,10-12,14,22-24,32-33H,6-9,13,15-16H2,1-3H3,(H,30,31). The molecule has 3 unspecified atom stereocenters. The number of amidine groups is 1. The number of ether oxygens (including phenoxy) is 1. The molecule has 0 amide bonds. The summed E-state index contributed by atoms with van der Waals surface area (Å²) in [5.41, 5.74) is 3.06. The third-order valence-electron chi connectivity index (χ3n) is 6.32. The molecule has 3 N–H and O–H groups in total. The highest BCUT2D eigenvalue weighted by molar-refractivity contribution is 5.86. The van der Waals surface area contributed by atoms with Gasteiger partial charge < -0.3 is 20.5 Å². The number of hydrogen-bond donors (Lipinski definition) is 3. The number of halogens is 2. The average molecular weight is 472 g/mol. The molecule has 184 valence electrons. The predicted octanol–water partition coefficient (Wildman–Crippen LogP) is 4.19. The summed E-state index contributed by atoms with van der Waals surface area (Å²) in [5.74, 6) is -0.0498. The number of nitrogens with one attached hydrogen (secondary N) is 2. The molecule has 2 heterocycles. The fraction of sp³-hybridized carbons (Fsp3) is 0.519. The highest BCUT2D eigenvalue weighted by atomic mass is 19.1. The summed E-state index contributed by atoms with van der Waals surface area (Å²) in [7, 11) is 0. The molecule has 2 aliphatic heterocycles. The molecule has 0 fully saturated rings. The Balaban J connectivity index is 1.48. The van der Waals surface area contributed by atoms with Crippen LogP contribution in [0.1, 0.15) is 49.9 Å². The minimum Gasteiger partial charge on any atom is -0.493 e. The monoisotopic (exact) mass is 471 g/mol. The van der Waals surface area contributed by atoms with Crippen LogP contribution in [-0.4, -0.2) is 43.3 Å². The van der Waals surface area contributed by atoms with E-state index in [-0.39, 0.29) is 17.4 Å². The lowest BCUT2D eigenvalue weighted by Crippen LogP contribution is -2.43. The maximum absolute atomic E-state index is 13.8. The second-order valence-electron chi connectivity index (χ2n) is 10.6. The van der Waals surface area contributed by atoms with Gasteiger partial charge in [-0.05, 0) is 47.6 Å². The second kappa shape index (κ2) is 10.4. The SMILES string of the molecule is CC(C)(C)Cc1ccc2c(c1)C(NCC(O)C(Cc1cc(F)cc(F)c1)C1=NCCN1)CCO2. The van der Waals surface area contributed by atoms with Crippen LogP contribution in [-0.2, 0) is 12.8 Å². The minimum absolute atomic E-state index is 0.0593. The number of benzene rings is 2. The summed E-state index contributed by atoms with van der Waals surface area (Å²) >= 11 is 0. The van der Waals surface area contributed by atoms with Crippen molar-refractivity contribution in [3.05, 3.63) is 64.7 Å². The Morgan fingerprint density at radius 1 is 1.15 bits per heavy atom. The third-order valence-corrected chi connectivity index (χ3v) is 6.32. The Morgan fingerprint density at radius 3 is 2.59 bits per heavy atom. The van der Waals surface area contributed by atoms with Gasteiger partial charge in [0.1, 0.15) is 23.2 Å². The zero-order chi connectivity index (χ0) is 24.3. The minimum atomic E-state index is -0.778. The molecule has 7 heteroatoms. The maximum atomic E-state index is 13.8. The summed E-state index contributed by atoms with van der Waals surface area (Å²) in [6, 6.07) is 9.93. The molecule has 0 aliphatic carbocycles. The third kappa shape index (κ3) is 6.33. The largest absolute Gasteiger partial charge is 0.493 e. The van der Waals surface area contributed by atoms with Crippen molar-refractivity contribution in [2.75, 3.05) is 26.2 Å². The Bertz CT molecular complexity index is 1010. The number of rotatable bonds is 8. The van der Waals surface area contributed by atoms with E-state index in [2.05, 4.69) is 48.5 Å². The smallest absolute Gasteiger partial charge is 0.126 e. The van der Waals surface area contributed by atoms with Gasteiger partial charge in [0.05, 0.1) is 19.3 Å². The number of aliphatic hydroxyl groups excluding tert-OH is 1. The summed E-state index contributed by atoms with van der Waals surface area (Å²) in [5, 5.41) is 17.9. The maximum Gasteiger partial charge on any atom is 0.126 e. The average Bonchev–Trinajstić information content (AvgIpc) is 3.28. The zero-order valence-electron chi connectivity index (χ0n) is 20.2. The van der Waals surface area contributed by atoms with E-state index >= 15 is 0 Å². The van der Waals surface area contributed by atoms with Gasteiger partial charge in [-0.25, -0.2) is 8.78 Å². The first kappa shape index (κ1) is 24.6. The van der Waals surface area contributed by atoms with E-state index in [1.807, 2.05) is 6.07 Å². The molecular weight excluding hydrogens is 436 g/mol. The summed E-state index contributed by atoms with van der Waals surface area (Å²) in [4.78, 5) is 4.48. The molecule has 0 bridgehead atoms. The van der Waals surface area contributed by atoms with Gasteiger partial charge in [-0.15, -0.1) is 0 Å². The van der Waals surface area contributed by atoms with E-state index < -0.39 is 17.7 Å². The fourth-order valence-electron chi connectivity index (χ4n) is 4.85. The zero-order valence-corrected chi connectivity index (χ0v) is 20.2. The predicted molar refractivity (Wildman–Crippen MR) is 130 cm³/mol. The van der Waals surface area contributed by atoms with E-state index in [1.54, 1.807) is 0 Å². The Kier molecular flexibility index (Phi) is 7.53. The van der Waals surface area contributed by atoms with Crippen LogP contribution in [0.25, 0.3) is 0 Å². The van der Waals surface area contributed by atoms with Crippen LogP contribution < -0.4 is 15.4 Å². The number of aliphatic hydroxyl groups is 1. The molecule has 3 atom stereocenters. The van der Waals surface area contributed by atoms with Crippen molar-refractivity contribution in [2.24, 2.45) is 16.3 Å². The van der Waals surface area contributed by atoms with Crippen molar-refractivity contribution in [1.82, 2.24) is 10.6 Å². The first-order chi connectivity index (χ1) is 16.2. The highest BCUT2D eigenvalue weighted by Gasteiger charge is 2.29. The van der Waals surface area contributed by atoms with Gasteiger partial charge in [0, 0.05) is 43.1 Å². The molecule has 2 aromatic carbocycles. The summed E-state index contributed by atoms with van der Waals surface area (Å²) < 4.78 is 33.4. The van der Waals surface area contributed by atoms with Gasteiger partial charge in [0.25, 0.3) is 0 Å². The van der Waals surface area contributed by atoms with Gasteiger partial charge >= 0.3 is 0 Å².